The molecule has 3 heterocycles. The molecule has 10 heteroatoms. The van der Waals surface area contributed by atoms with E-state index >= 15 is 0 Å². The lowest BCUT2D eigenvalue weighted by Crippen LogP contribution is -2.40. The summed E-state index contributed by atoms with van der Waals surface area (Å²) in [5.41, 5.74) is 4.09. The van der Waals surface area contributed by atoms with Crippen molar-refractivity contribution in [1.29, 1.82) is 0 Å². The molecule has 2 aromatic heterocycles. The highest BCUT2D eigenvalue weighted by Gasteiger charge is 2.33. The second-order valence-corrected chi connectivity index (χ2v) is 12.6. The number of anilines is 1. The number of aromatic nitrogens is 1. The van der Waals surface area contributed by atoms with Gasteiger partial charge < -0.3 is 14.8 Å². The molecule has 7 nitrogen and oxygen atoms in total. The Kier molecular flexibility index (Phi) is 8.52. The number of thiophene rings is 1. The standard InChI is InChI=1S/C34H28ClN3O4S2/c1-20-8-4-5-11-26(20)37-32(39)30-21(2)36-34-38(31(30)28-12-7-15-43-28)33(40)29(44-34)17-22-13-14-27(41-3)23(16-22)19-42-25-10-6-9-24(35)18-25/h4-18,31H,19H2,1-3H3,(H,37,39). The minimum absolute atomic E-state index is 0.214. The van der Waals surface area contributed by atoms with Gasteiger partial charge in [-0.1, -0.05) is 59.3 Å². The van der Waals surface area contributed by atoms with Gasteiger partial charge in [-0.05, 0) is 78.9 Å². The lowest BCUT2D eigenvalue weighted by molar-refractivity contribution is -0.113. The number of halogens is 1. The summed E-state index contributed by atoms with van der Waals surface area (Å²) in [6, 6.07) is 23.8. The molecule has 5 aromatic rings. The van der Waals surface area contributed by atoms with Gasteiger partial charge in [-0.3, -0.25) is 14.2 Å². The quantitative estimate of drug-likeness (QED) is 0.210. The molecule has 0 bridgehead atoms. The first-order valence-electron chi connectivity index (χ1n) is 13.8. The molecule has 1 N–H and O–H groups in total. The monoisotopic (exact) mass is 641 g/mol. The third kappa shape index (κ3) is 5.99. The van der Waals surface area contributed by atoms with Crippen LogP contribution in [0.3, 0.4) is 0 Å². The summed E-state index contributed by atoms with van der Waals surface area (Å²) in [6.45, 7) is 4.01. The molecule has 44 heavy (non-hydrogen) atoms. The number of hydrogen-bond acceptors (Lipinski definition) is 7. The van der Waals surface area contributed by atoms with E-state index < -0.39 is 6.04 Å². The number of nitrogens with zero attached hydrogens (tertiary/aromatic N) is 2. The largest absolute Gasteiger partial charge is 0.496 e. The molecule has 1 atom stereocenters. The first-order chi connectivity index (χ1) is 21.3. The Morgan fingerprint density at radius 2 is 1.91 bits per heavy atom. The lowest BCUT2D eigenvalue weighted by Gasteiger charge is -2.24. The van der Waals surface area contributed by atoms with Crippen molar-refractivity contribution in [2.24, 2.45) is 4.99 Å². The molecular formula is C34H28ClN3O4S2. The van der Waals surface area contributed by atoms with E-state index in [4.69, 9.17) is 26.1 Å². The Balaban J connectivity index is 1.38. The van der Waals surface area contributed by atoms with Crippen molar-refractivity contribution in [1.82, 2.24) is 4.57 Å². The second kappa shape index (κ2) is 12.7. The zero-order valence-corrected chi connectivity index (χ0v) is 26.6. The fourth-order valence-corrected chi connectivity index (χ4v) is 7.15. The van der Waals surface area contributed by atoms with Gasteiger partial charge in [-0.15, -0.1) is 11.3 Å². The maximum Gasteiger partial charge on any atom is 0.271 e. The molecule has 0 spiro atoms. The number of rotatable bonds is 8. The second-order valence-electron chi connectivity index (χ2n) is 10.2. The van der Waals surface area contributed by atoms with Gasteiger partial charge in [0.15, 0.2) is 4.80 Å². The van der Waals surface area contributed by atoms with Crippen LogP contribution in [0.1, 0.15) is 34.5 Å². The predicted octanol–water partition coefficient (Wildman–Crippen LogP) is 6.48. The zero-order valence-electron chi connectivity index (χ0n) is 24.2. The van der Waals surface area contributed by atoms with Crippen LogP contribution < -0.4 is 29.7 Å². The van der Waals surface area contributed by atoms with Crippen molar-refractivity contribution >= 4 is 51.9 Å². The van der Waals surface area contributed by atoms with Gasteiger partial charge in [0.1, 0.15) is 24.1 Å². The normalized spacial score (nSPS) is 14.6. The highest BCUT2D eigenvalue weighted by molar-refractivity contribution is 7.10. The number of benzene rings is 3. The Labute approximate surface area is 267 Å². The number of carbonyl (C=O) groups excluding carboxylic acids is 1. The van der Waals surface area contributed by atoms with Crippen LogP contribution in [0.25, 0.3) is 6.08 Å². The fourth-order valence-electron chi connectivity index (χ4n) is 5.10. The number of aryl methyl sites for hydroxylation is 1. The van der Waals surface area contributed by atoms with Crippen LogP contribution in [0.2, 0.25) is 5.02 Å². The predicted molar refractivity (Wildman–Crippen MR) is 177 cm³/mol. The molecule has 1 aliphatic heterocycles. The van der Waals surface area contributed by atoms with Crippen molar-refractivity contribution in [2.45, 2.75) is 26.5 Å². The van der Waals surface area contributed by atoms with Crippen LogP contribution >= 0.6 is 34.3 Å². The Morgan fingerprint density at radius 1 is 1.07 bits per heavy atom. The maximum absolute atomic E-state index is 14.0. The van der Waals surface area contributed by atoms with Gasteiger partial charge in [-0.2, -0.15) is 0 Å². The first kappa shape index (κ1) is 29.6. The Hall–Kier alpha value is -4.44. The van der Waals surface area contributed by atoms with Gasteiger partial charge in [0.25, 0.3) is 11.5 Å². The first-order valence-corrected chi connectivity index (χ1v) is 15.9. The van der Waals surface area contributed by atoms with Crippen molar-refractivity contribution in [2.75, 3.05) is 12.4 Å². The van der Waals surface area contributed by atoms with E-state index in [0.717, 1.165) is 27.3 Å². The van der Waals surface area contributed by atoms with Gasteiger partial charge in [-0.25, -0.2) is 4.99 Å². The smallest absolute Gasteiger partial charge is 0.271 e. The number of carbonyl (C=O) groups is 1. The van der Waals surface area contributed by atoms with Crippen LogP contribution in [0.4, 0.5) is 5.69 Å². The average molecular weight is 642 g/mol. The Morgan fingerprint density at radius 3 is 2.66 bits per heavy atom. The number of ether oxygens (including phenoxy) is 2. The molecule has 0 saturated heterocycles. The van der Waals surface area contributed by atoms with Crippen LogP contribution in [-0.4, -0.2) is 17.6 Å². The van der Waals surface area contributed by atoms with Gasteiger partial charge in [0, 0.05) is 21.2 Å². The molecule has 3 aromatic carbocycles. The minimum Gasteiger partial charge on any atom is -0.496 e. The van der Waals surface area contributed by atoms with Gasteiger partial charge in [0.2, 0.25) is 0 Å². The van der Waals surface area contributed by atoms with Crippen molar-refractivity contribution in [3.05, 3.63) is 142 Å². The zero-order chi connectivity index (χ0) is 30.8. The summed E-state index contributed by atoms with van der Waals surface area (Å²) in [5.74, 6) is 1.03. The molecule has 222 valence electrons. The number of methoxy groups -OCH3 is 1. The van der Waals surface area contributed by atoms with E-state index in [1.54, 1.807) is 23.8 Å². The summed E-state index contributed by atoms with van der Waals surface area (Å²) in [5, 5.41) is 5.57. The summed E-state index contributed by atoms with van der Waals surface area (Å²) >= 11 is 8.91. The molecular weight excluding hydrogens is 614 g/mol. The molecule has 6 rings (SSSR count). The summed E-state index contributed by atoms with van der Waals surface area (Å²) in [6.07, 6.45) is 1.84. The number of amides is 1. The number of allylic oxidation sites excluding steroid dienone is 1. The van der Waals surface area contributed by atoms with E-state index in [2.05, 4.69) is 5.32 Å². The molecule has 0 radical (unpaired) electrons. The molecule has 1 amide bonds. The number of nitrogens with one attached hydrogen (secondary N) is 1. The lowest BCUT2D eigenvalue weighted by atomic mass is 10.0. The molecule has 0 aliphatic carbocycles. The third-order valence-electron chi connectivity index (χ3n) is 7.26. The van der Waals surface area contributed by atoms with E-state index in [9.17, 15) is 9.59 Å². The third-order valence-corrected chi connectivity index (χ3v) is 9.41. The molecule has 1 unspecified atom stereocenters. The number of para-hydroxylation sites is 1. The van der Waals surface area contributed by atoms with Gasteiger partial charge in [0.05, 0.1) is 22.9 Å². The van der Waals surface area contributed by atoms with Crippen molar-refractivity contribution in [3.63, 3.8) is 0 Å². The van der Waals surface area contributed by atoms with Crippen LogP contribution in [0, 0.1) is 6.92 Å². The van der Waals surface area contributed by atoms with Crippen molar-refractivity contribution in [3.8, 4) is 11.5 Å². The SMILES string of the molecule is COc1ccc(C=c2sc3n(c2=O)C(c2cccs2)C(C(=O)Nc2ccccc2C)=C(C)N=3)cc1COc1cccc(Cl)c1. The van der Waals surface area contributed by atoms with Crippen LogP contribution in [-0.2, 0) is 11.4 Å². The highest BCUT2D eigenvalue weighted by Crippen LogP contribution is 2.33. The number of hydrogen-bond donors (Lipinski definition) is 1. The maximum atomic E-state index is 14.0. The number of thiazole rings is 1. The summed E-state index contributed by atoms with van der Waals surface area (Å²) < 4.78 is 13.7. The summed E-state index contributed by atoms with van der Waals surface area (Å²) in [4.78, 5) is 34.0. The van der Waals surface area contributed by atoms with E-state index in [1.165, 1.54) is 22.7 Å². The van der Waals surface area contributed by atoms with Crippen LogP contribution in [0.15, 0.2) is 105 Å². The minimum atomic E-state index is -0.602. The highest BCUT2D eigenvalue weighted by atomic mass is 35.5. The fraction of sp³-hybridized carbons (Fsp3) is 0.147. The Bertz CT molecular complexity index is 2080. The molecule has 1 aliphatic rings. The van der Waals surface area contributed by atoms with E-state index in [0.29, 0.717) is 37.1 Å². The number of fused-ring (bicyclic) bond motifs is 1. The molecule has 0 saturated carbocycles. The topological polar surface area (TPSA) is 81.9 Å². The van der Waals surface area contributed by atoms with Crippen LogP contribution in [0.5, 0.6) is 11.5 Å². The van der Waals surface area contributed by atoms with Crippen molar-refractivity contribution < 1.29 is 14.3 Å². The van der Waals surface area contributed by atoms with E-state index in [1.807, 2.05) is 92.0 Å². The van der Waals surface area contributed by atoms with Gasteiger partial charge >= 0.3 is 0 Å². The molecule has 0 fully saturated rings. The average Bonchev–Trinajstić information content (AvgIpc) is 3.65. The summed E-state index contributed by atoms with van der Waals surface area (Å²) in [7, 11) is 1.61. The van der Waals surface area contributed by atoms with E-state index in [-0.39, 0.29) is 18.1 Å².